The molecule has 0 bridgehead atoms. The van der Waals surface area contributed by atoms with Gasteiger partial charge in [0.2, 0.25) is 5.82 Å². The summed E-state index contributed by atoms with van der Waals surface area (Å²) in [6, 6.07) is 7.13. The highest BCUT2D eigenvalue weighted by Crippen LogP contribution is 2.42. The van der Waals surface area contributed by atoms with E-state index in [4.69, 9.17) is 4.74 Å². The van der Waals surface area contributed by atoms with E-state index in [9.17, 15) is 18.0 Å². The fourth-order valence-electron chi connectivity index (χ4n) is 2.97. The highest BCUT2D eigenvalue weighted by molar-refractivity contribution is 5.75. The highest BCUT2D eigenvalue weighted by atomic mass is 19.4. The lowest BCUT2D eigenvalue weighted by Gasteiger charge is -2.43. The van der Waals surface area contributed by atoms with Crippen LogP contribution in [0.3, 0.4) is 0 Å². The Balaban J connectivity index is 1.61. The predicted octanol–water partition coefficient (Wildman–Crippen LogP) is 3.38. The molecule has 1 aromatic heterocycles. The number of hydrogen-bond donors (Lipinski definition) is 2. The number of halogens is 3. The average molecular weight is 380 g/mol. The summed E-state index contributed by atoms with van der Waals surface area (Å²) in [5, 5.41) is 5.61. The Bertz CT molecular complexity index is 805. The Hall–Kier alpha value is -2.84. The first kappa shape index (κ1) is 18.9. The molecule has 1 saturated carbocycles. The maximum atomic E-state index is 12.5. The molecule has 1 fully saturated rings. The minimum absolute atomic E-state index is 0.0260. The fraction of sp³-hybridized carbons (Fsp3) is 0.389. The first-order chi connectivity index (χ1) is 12.8. The Morgan fingerprint density at radius 3 is 2.52 bits per heavy atom. The maximum absolute atomic E-state index is 12.5. The van der Waals surface area contributed by atoms with Crippen molar-refractivity contribution in [3.8, 4) is 5.75 Å². The van der Waals surface area contributed by atoms with Crippen molar-refractivity contribution >= 4 is 6.03 Å². The summed E-state index contributed by atoms with van der Waals surface area (Å²) in [5.41, 5.74) is 0.873. The molecule has 1 heterocycles. The number of rotatable bonds is 5. The molecule has 2 amide bonds. The second-order valence-corrected chi connectivity index (χ2v) is 6.39. The van der Waals surface area contributed by atoms with Gasteiger partial charge in [0, 0.05) is 24.5 Å². The van der Waals surface area contributed by atoms with Gasteiger partial charge in [0.1, 0.15) is 5.75 Å². The van der Waals surface area contributed by atoms with Crippen molar-refractivity contribution < 1.29 is 22.7 Å². The summed E-state index contributed by atoms with van der Waals surface area (Å²) in [7, 11) is 1.58. The number of aromatic nitrogens is 2. The van der Waals surface area contributed by atoms with Gasteiger partial charge < -0.3 is 15.4 Å². The van der Waals surface area contributed by atoms with E-state index in [0.29, 0.717) is 11.3 Å². The lowest BCUT2D eigenvalue weighted by molar-refractivity contribution is -0.145. The van der Waals surface area contributed by atoms with Crippen LogP contribution in [0.25, 0.3) is 0 Å². The number of methoxy groups -OCH3 is 1. The van der Waals surface area contributed by atoms with Crippen molar-refractivity contribution in [2.45, 2.75) is 37.5 Å². The van der Waals surface area contributed by atoms with Gasteiger partial charge >= 0.3 is 12.2 Å². The molecule has 1 aliphatic rings. The van der Waals surface area contributed by atoms with Crippen LogP contribution < -0.4 is 15.4 Å². The third-order valence-electron chi connectivity index (χ3n) is 4.59. The molecule has 2 N–H and O–H groups in total. The van der Waals surface area contributed by atoms with Gasteiger partial charge in [-0.2, -0.15) is 13.2 Å². The number of alkyl halides is 3. The number of benzene rings is 1. The van der Waals surface area contributed by atoms with Crippen molar-refractivity contribution in [1.82, 2.24) is 20.6 Å². The lowest BCUT2D eigenvalue weighted by Crippen LogP contribution is -2.53. The Morgan fingerprint density at radius 2 is 1.96 bits per heavy atom. The second-order valence-electron chi connectivity index (χ2n) is 6.39. The summed E-state index contributed by atoms with van der Waals surface area (Å²) < 4.78 is 42.6. The quantitative estimate of drug-likeness (QED) is 0.834. The number of carbonyl (C=O) groups is 1. The Labute approximate surface area is 154 Å². The van der Waals surface area contributed by atoms with Crippen LogP contribution in [0.5, 0.6) is 5.75 Å². The summed E-state index contributed by atoms with van der Waals surface area (Å²) >= 11 is 0. The maximum Gasteiger partial charge on any atom is 0.451 e. The largest absolute Gasteiger partial charge is 0.497 e. The van der Waals surface area contributed by atoms with Gasteiger partial charge in [0.15, 0.2) is 0 Å². The van der Waals surface area contributed by atoms with Gasteiger partial charge in [0.25, 0.3) is 0 Å². The van der Waals surface area contributed by atoms with Crippen molar-refractivity contribution in [1.29, 1.82) is 0 Å². The molecule has 3 rings (SSSR count). The van der Waals surface area contributed by atoms with Crippen molar-refractivity contribution in [2.75, 3.05) is 7.11 Å². The number of amides is 2. The minimum Gasteiger partial charge on any atom is -0.497 e. The van der Waals surface area contributed by atoms with Crippen LogP contribution in [-0.4, -0.2) is 23.1 Å². The molecule has 0 aliphatic heterocycles. The third kappa shape index (κ3) is 4.29. The van der Waals surface area contributed by atoms with E-state index in [-0.39, 0.29) is 6.54 Å². The Morgan fingerprint density at radius 1 is 1.26 bits per heavy atom. The van der Waals surface area contributed by atoms with Crippen molar-refractivity contribution in [3.05, 3.63) is 53.6 Å². The minimum atomic E-state index is -4.59. The van der Waals surface area contributed by atoms with Gasteiger partial charge in [-0.25, -0.2) is 14.8 Å². The van der Waals surface area contributed by atoms with E-state index >= 15 is 0 Å². The monoisotopic (exact) mass is 380 g/mol. The van der Waals surface area contributed by atoms with Crippen molar-refractivity contribution in [2.24, 2.45) is 0 Å². The molecule has 0 atom stereocenters. The zero-order valence-corrected chi connectivity index (χ0v) is 14.6. The number of hydrogen-bond acceptors (Lipinski definition) is 4. The zero-order valence-electron chi connectivity index (χ0n) is 14.6. The number of nitrogens with zero attached hydrogens (tertiary/aromatic N) is 2. The van der Waals surface area contributed by atoms with Crippen LogP contribution >= 0.6 is 0 Å². The van der Waals surface area contributed by atoms with E-state index in [0.717, 1.165) is 37.2 Å². The molecule has 1 aromatic carbocycles. The standard InChI is InChI=1S/C18H19F3N4O2/c1-27-14-5-2-4-13(8-14)17(6-3-7-17)25-16(26)24-11-12-9-22-15(23-10-12)18(19,20)21/h2,4-5,8-10H,3,6-7,11H2,1H3,(H2,24,25,26). The molecule has 27 heavy (non-hydrogen) atoms. The van der Waals surface area contributed by atoms with Crippen LogP contribution in [-0.2, 0) is 18.3 Å². The molecule has 1 aliphatic carbocycles. The van der Waals surface area contributed by atoms with Gasteiger partial charge in [-0.05, 0) is 37.0 Å². The highest BCUT2D eigenvalue weighted by Gasteiger charge is 2.40. The topological polar surface area (TPSA) is 76.1 Å². The van der Waals surface area contributed by atoms with Gasteiger partial charge in [-0.3, -0.25) is 0 Å². The van der Waals surface area contributed by atoms with Gasteiger partial charge in [-0.1, -0.05) is 12.1 Å². The molecular weight excluding hydrogens is 361 g/mol. The third-order valence-corrected chi connectivity index (χ3v) is 4.59. The summed E-state index contributed by atoms with van der Waals surface area (Å²) in [5.74, 6) is -0.495. The molecule has 0 spiro atoms. The van der Waals surface area contributed by atoms with Crippen LogP contribution in [0.2, 0.25) is 0 Å². The van der Waals surface area contributed by atoms with E-state index in [1.54, 1.807) is 7.11 Å². The molecule has 144 valence electrons. The smallest absolute Gasteiger partial charge is 0.451 e. The lowest BCUT2D eigenvalue weighted by atomic mass is 9.72. The fourth-order valence-corrected chi connectivity index (χ4v) is 2.97. The summed E-state index contributed by atoms with van der Waals surface area (Å²) in [4.78, 5) is 18.9. The van der Waals surface area contributed by atoms with Gasteiger partial charge in [0.05, 0.1) is 12.6 Å². The van der Waals surface area contributed by atoms with Crippen molar-refractivity contribution in [3.63, 3.8) is 0 Å². The van der Waals surface area contributed by atoms with Crippen LogP contribution in [0.1, 0.15) is 36.2 Å². The molecule has 9 heteroatoms. The molecule has 0 radical (unpaired) electrons. The van der Waals surface area contributed by atoms with E-state index in [2.05, 4.69) is 20.6 Å². The number of urea groups is 1. The van der Waals surface area contributed by atoms with Crippen LogP contribution in [0.15, 0.2) is 36.7 Å². The number of ether oxygens (including phenoxy) is 1. The van der Waals surface area contributed by atoms with Crippen LogP contribution in [0.4, 0.5) is 18.0 Å². The average Bonchev–Trinajstić information content (AvgIpc) is 2.62. The summed E-state index contributed by atoms with van der Waals surface area (Å²) in [6.45, 7) is 0.0260. The molecule has 2 aromatic rings. The zero-order chi connectivity index (χ0) is 19.5. The summed E-state index contributed by atoms with van der Waals surface area (Å²) in [6.07, 6.45) is 0.115. The molecular formula is C18H19F3N4O2. The Kier molecular flexibility index (Phi) is 5.20. The number of nitrogens with one attached hydrogen (secondary N) is 2. The molecule has 6 nitrogen and oxygen atoms in total. The van der Waals surface area contributed by atoms with E-state index in [1.165, 1.54) is 0 Å². The van der Waals surface area contributed by atoms with Crippen LogP contribution in [0, 0.1) is 0 Å². The first-order valence-corrected chi connectivity index (χ1v) is 8.41. The molecule has 0 saturated heterocycles. The van der Waals surface area contributed by atoms with Gasteiger partial charge in [-0.15, -0.1) is 0 Å². The normalized spacial score (nSPS) is 15.6. The molecule has 0 unspecified atom stereocenters. The van der Waals surface area contributed by atoms with E-state index in [1.807, 2.05) is 24.3 Å². The van der Waals surface area contributed by atoms with E-state index < -0.39 is 23.6 Å². The SMILES string of the molecule is COc1cccc(C2(NC(=O)NCc3cnc(C(F)(F)F)nc3)CCC2)c1. The number of carbonyl (C=O) groups excluding carboxylic acids is 1. The second kappa shape index (κ2) is 7.42. The first-order valence-electron chi connectivity index (χ1n) is 8.41. The predicted molar refractivity (Wildman–Crippen MR) is 90.9 cm³/mol.